The third-order valence-electron chi connectivity index (χ3n) is 4.67. The predicted molar refractivity (Wildman–Crippen MR) is 114 cm³/mol. The molecule has 1 aliphatic heterocycles. The second-order valence-electron chi connectivity index (χ2n) is 7.54. The van der Waals surface area contributed by atoms with Gasteiger partial charge in [-0.1, -0.05) is 27.7 Å². The van der Waals surface area contributed by atoms with Crippen molar-refractivity contribution >= 4 is 17.4 Å². The minimum atomic E-state index is -0.0192. The van der Waals surface area contributed by atoms with Crippen LogP contribution in [0.5, 0.6) is 0 Å². The smallest absolute Gasteiger partial charge is 0.166 e. The summed E-state index contributed by atoms with van der Waals surface area (Å²) in [6.45, 7) is 17.1. The fourth-order valence-corrected chi connectivity index (χ4v) is 3.49. The van der Waals surface area contributed by atoms with Crippen LogP contribution in [-0.4, -0.2) is 66.4 Å². The zero-order valence-corrected chi connectivity index (χ0v) is 18.6. The zero-order valence-electron chi connectivity index (χ0n) is 18.6. The van der Waals surface area contributed by atoms with Gasteiger partial charge in [0.05, 0.1) is 6.61 Å². The number of Topliss-reactive ketones (excluding diaryl/α,β-unsaturated/α-hetero) is 2. The van der Waals surface area contributed by atoms with Crippen LogP contribution in [0.15, 0.2) is 18.3 Å². The third-order valence-corrected chi connectivity index (χ3v) is 4.67. The number of ether oxygens (including phenoxy) is 1. The summed E-state index contributed by atoms with van der Waals surface area (Å²) in [4.78, 5) is 32.2. The molecule has 0 bridgehead atoms. The number of nitrogens with zero attached hydrogens (tertiary/aromatic N) is 3. The first-order chi connectivity index (χ1) is 13.3. The lowest BCUT2D eigenvalue weighted by atomic mass is 10.0. The Balaban J connectivity index is 0.00000190. The van der Waals surface area contributed by atoms with E-state index in [0.29, 0.717) is 24.3 Å². The van der Waals surface area contributed by atoms with Crippen molar-refractivity contribution in [3.8, 4) is 0 Å². The number of ketones is 2. The van der Waals surface area contributed by atoms with Crippen LogP contribution in [-0.2, 0) is 9.53 Å². The maximum absolute atomic E-state index is 12.1. The number of hydrogen-bond donors (Lipinski definition) is 0. The number of carbonyl (C=O) groups is 2. The highest BCUT2D eigenvalue weighted by Gasteiger charge is 2.30. The standard InChI is InChI=1S/C20H31N3O3.C2H6/c1-14(2)20(25)18-6-7-19(21-10-18)23-15(3)11-22(12-16(23)4)8-9-26-13-17(5)24;1-2/h6-7,10,14-16H,8-9,11-13H2,1-5H3;1-2H3/t15-,16+;. The topological polar surface area (TPSA) is 62.7 Å². The molecule has 0 aliphatic carbocycles. The molecule has 0 radical (unpaired) electrons. The van der Waals surface area contributed by atoms with Crippen molar-refractivity contribution < 1.29 is 14.3 Å². The molecule has 6 nitrogen and oxygen atoms in total. The van der Waals surface area contributed by atoms with Crippen molar-refractivity contribution in [2.75, 3.05) is 37.7 Å². The number of piperazine rings is 1. The van der Waals surface area contributed by atoms with E-state index in [4.69, 9.17) is 4.74 Å². The molecule has 2 atom stereocenters. The summed E-state index contributed by atoms with van der Waals surface area (Å²) in [7, 11) is 0. The Kier molecular flexibility index (Phi) is 10.3. The minimum Gasteiger partial charge on any atom is -0.372 e. The molecule has 1 aromatic rings. The summed E-state index contributed by atoms with van der Waals surface area (Å²) in [6, 6.07) is 4.46. The van der Waals surface area contributed by atoms with Gasteiger partial charge in [0.1, 0.15) is 12.4 Å². The van der Waals surface area contributed by atoms with Gasteiger partial charge in [0.15, 0.2) is 11.6 Å². The first-order valence-electron chi connectivity index (χ1n) is 10.4. The molecule has 1 aliphatic rings. The Morgan fingerprint density at radius 1 is 1.18 bits per heavy atom. The Morgan fingerprint density at radius 3 is 2.25 bits per heavy atom. The second kappa shape index (κ2) is 11.9. The SMILES string of the molecule is CC.CC(=O)COCCN1C[C@@H](C)N(c2ccc(C(=O)C(C)C)cn2)[C@@H](C)C1. The van der Waals surface area contributed by atoms with E-state index in [2.05, 4.69) is 28.6 Å². The summed E-state index contributed by atoms with van der Waals surface area (Å²) in [5, 5.41) is 0. The molecule has 2 heterocycles. The van der Waals surface area contributed by atoms with Gasteiger partial charge < -0.3 is 9.64 Å². The van der Waals surface area contributed by atoms with Gasteiger partial charge in [-0.15, -0.1) is 0 Å². The monoisotopic (exact) mass is 391 g/mol. The van der Waals surface area contributed by atoms with Gasteiger partial charge in [-0.25, -0.2) is 4.98 Å². The van der Waals surface area contributed by atoms with E-state index in [-0.39, 0.29) is 24.1 Å². The lowest BCUT2D eigenvalue weighted by Crippen LogP contribution is -2.57. The van der Waals surface area contributed by atoms with Gasteiger partial charge in [0.25, 0.3) is 0 Å². The highest BCUT2D eigenvalue weighted by atomic mass is 16.5. The van der Waals surface area contributed by atoms with Crippen molar-refractivity contribution in [2.24, 2.45) is 5.92 Å². The number of pyridine rings is 1. The van der Waals surface area contributed by atoms with Gasteiger partial charge in [-0.2, -0.15) is 0 Å². The van der Waals surface area contributed by atoms with Crippen molar-refractivity contribution in [3.63, 3.8) is 0 Å². The van der Waals surface area contributed by atoms with Crippen LogP contribution in [0.2, 0.25) is 0 Å². The van der Waals surface area contributed by atoms with Crippen LogP contribution >= 0.6 is 0 Å². The maximum Gasteiger partial charge on any atom is 0.166 e. The molecule has 0 N–H and O–H groups in total. The number of hydrogen-bond acceptors (Lipinski definition) is 6. The lowest BCUT2D eigenvalue weighted by Gasteiger charge is -2.45. The fraction of sp³-hybridized carbons (Fsp3) is 0.682. The van der Waals surface area contributed by atoms with Crippen molar-refractivity contribution in [2.45, 2.75) is 60.5 Å². The molecule has 0 aromatic carbocycles. The number of carbonyl (C=O) groups excluding carboxylic acids is 2. The molecule has 6 heteroatoms. The number of aromatic nitrogens is 1. The first-order valence-corrected chi connectivity index (χ1v) is 10.4. The average molecular weight is 392 g/mol. The maximum atomic E-state index is 12.1. The van der Waals surface area contributed by atoms with E-state index in [1.807, 2.05) is 39.8 Å². The zero-order chi connectivity index (χ0) is 21.3. The molecule has 0 amide bonds. The van der Waals surface area contributed by atoms with Gasteiger partial charge in [0.2, 0.25) is 0 Å². The molecule has 28 heavy (non-hydrogen) atoms. The fourth-order valence-electron chi connectivity index (χ4n) is 3.49. The van der Waals surface area contributed by atoms with Crippen LogP contribution in [0.1, 0.15) is 58.8 Å². The number of anilines is 1. The van der Waals surface area contributed by atoms with Gasteiger partial charge in [0, 0.05) is 49.4 Å². The van der Waals surface area contributed by atoms with Crippen LogP contribution in [0.25, 0.3) is 0 Å². The van der Waals surface area contributed by atoms with Crippen molar-refractivity contribution in [3.05, 3.63) is 23.9 Å². The molecule has 1 aromatic heterocycles. The molecule has 0 saturated carbocycles. The Bertz CT molecular complexity index is 604. The van der Waals surface area contributed by atoms with E-state index in [9.17, 15) is 9.59 Å². The minimum absolute atomic E-state index is 0.0192. The van der Waals surface area contributed by atoms with E-state index >= 15 is 0 Å². The summed E-state index contributed by atoms with van der Waals surface area (Å²) in [5.74, 6) is 1.08. The quantitative estimate of drug-likeness (QED) is 0.500. The van der Waals surface area contributed by atoms with E-state index in [1.54, 1.807) is 6.20 Å². The van der Waals surface area contributed by atoms with Gasteiger partial charge in [-0.05, 0) is 32.9 Å². The van der Waals surface area contributed by atoms with Gasteiger partial charge in [-0.3, -0.25) is 14.5 Å². The molecule has 158 valence electrons. The van der Waals surface area contributed by atoms with Crippen LogP contribution in [0, 0.1) is 5.92 Å². The highest BCUT2D eigenvalue weighted by Crippen LogP contribution is 2.23. The van der Waals surface area contributed by atoms with Crippen LogP contribution in [0.4, 0.5) is 5.82 Å². The Morgan fingerprint density at radius 2 is 1.79 bits per heavy atom. The average Bonchev–Trinajstić information content (AvgIpc) is 2.66. The summed E-state index contributed by atoms with van der Waals surface area (Å²) in [5.41, 5.74) is 0.672. The third kappa shape index (κ3) is 6.99. The normalized spacial score (nSPS) is 19.9. The largest absolute Gasteiger partial charge is 0.372 e. The lowest BCUT2D eigenvalue weighted by molar-refractivity contribution is -0.121. The second-order valence-corrected chi connectivity index (χ2v) is 7.54. The van der Waals surface area contributed by atoms with Crippen LogP contribution in [0.3, 0.4) is 0 Å². The van der Waals surface area contributed by atoms with Crippen LogP contribution < -0.4 is 4.90 Å². The first kappa shape index (κ1) is 24.2. The summed E-state index contributed by atoms with van der Waals surface area (Å²) in [6.07, 6.45) is 1.69. The van der Waals surface area contributed by atoms with E-state index in [0.717, 1.165) is 25.5 Å². The van der Waals surface area contributed by atoms with Gasteiger partial charge >= 0.3 is 0 Å². The van der Waals surface area contributed by atoms with E-state index in [1.165, 1.54) is 6.92 Å². The van der Waals surface area contributed by atoms with E-state index < -0.39 is 0 Å². The molecule has 2 rings (SSSR count). The highest BCUT2D eigenvalue weighted by molar-refractivity contribution is 5.97. The molecule has 1 saturated heterocycles. The van der Waals surface area contributed by atoms with Crippen molar-refractivity contribution in [1.29, 1.82) is 0 Å². The predicted octanol–water partition coefficient (Wildman–Crippen LogP) is 3.45. The molecular weight excluding hydrogens is 354 g/mol. The van der Waals surface area contributed by atoms with Crippen molar-refractivity contribution in [1.82, 2.24) is 9.88 Å². The molecular formula is C22H37N3O3. The Labute approximate surface area is 170 Å². The molecule has 0 spiro atoms. The molecule has 0 unspecified atom stereocenters. The Hall–Kier alpha value is -1.79. The molecule has 1 fully saturated rings. The summed E-state index contributed by atoms with van der Waals surface area (Å²) >= 11 is 0. The summed E-state index contributed by atoms with van der Waals surface area (Å²) < 4.78 is 5.39. The number of rotatable bonds is 8.